The van der Waals surface area contributed by atoms with Crippen molar-refractivity contribution in [1.29, 1.82) is 0 Å². The number of nitrogens with zero attached hydrogens (tertiary/aromatic N) is 1. The number of carbonyl (C=O) groups excluding carboxylic acids is 2. The Morgan fingerprint density at radius 2 is 1.75 bits per heavy atom. The quantitative estimate of drug-likeness (QED) is 0.624. The highest BCUT2D eigenvalue weighted by Crippen LogP contribution is 2.48. The number of ether oxygens (including phenoxy) is 1. The molecule has 0 unspecified atom stereocenters. The topological polar surface area (TPSA) is 83.9 Å². The summed E-state index contributed by atoms with van der Waals surface area (Å²) in [6.07, 6.45) is 1.24. The number of carbonyl (C=O) groups is 3. The van der Waals surface area contributed by atoms with Crippen LogP contribution in [0.25, 0.3) is 0 Å². The minimum absolute atomic E-state index is 0.176. The first-order chi connectivity index (χ1) is 7.59. The summed E-state index contributed by atoms with van der Waals surface area (Å²) < 4.78 is 5.52. The Morgan fingerprint density at radius 3 is 2.19 bits per heavy atom. The fourth-order valence-corrected chi connectivity index (χ4v) is 3.06. The summed E-state index contributed by atoms with van der Waals surface area (Å²) in [5.41, 5.74) is 0. The normalized spacial score (nSPS) is 40.6. The van der Waals surface area contributed by atoms with Gasteiger partial charge in [-0.1, -0.05) is 0 Å². The number of aliphatic carboxylic acids is 1. The number of imide groups is 1. The van der Waals surface area contributed by atoms with Gasteiger partial charge in [0, 0.05) is 0 Å². The first-order valence-electron chi connectivity index (χ1n) is 5.32. The Balaban J connectivity index is 1.89. The van der Waals surface area contributed by atoms with Crippen molar-refractivity contribution in [1.82, 2.24) is 4.90 Å². The van der Waals surface area contributed by atoms with Crippen molar-refractivity contribution >= 4 is 17.8 Å². The molecule has 3 fully saturated rings. The van der Waals surface area contributed by atoms with Crippen LogP contribution < -0.4 is 0 Å². The van der Waals surface area contributed by atoms with E-state index < -0.39 is 24.3 Å². The lowest BCUT2D eigenvalue weighted by atomic mass is 9.81. The Kier molecular flexibility index (Phi) is 1.85. The van der Waals surface area contributed by atoms with E-state index in [0.29, 0.717) is 0 Å². The standard InChI is InChI=1S/C10H11NO5/c12-6(13)3-11-9(14)7-4-1-2-5(16-4)8(7)10(11)15/h4-5,7-8H,1-3H2,(H,12,13)/t4-,5-,7-,8+/m1/s1. The van der Waals surface area contributed by atoms with Gasteiger partial charge >= 0.3 is 5.97 Å². The SMILES string of the molecule is O=C(O)CN1C(=O)[C@@H]2[C@H](C1=O)[C@H]1CC[C@H]2O1. The van der Waals surface area contributed by atoms with E-state index >= 15 is 0 Å². The fraction of sp³-hybridized carbons (Fsp3) is 0.700. The highest BCUT2D eigenvalue weighted by molar-refractivity contribution is 6.07. The van der Waals surface area contributed by atoms with Crippen molar-refractivity contribution < 1.29 is 24.2 Å². The molecule has 3 heterocycles. The molecule has 16 heavy (non-hydrogen) atoms. The first kappa shape index (κ1) is 9.77. The molecule has 0 aromatic carbocycles. The largest absolute Gasteiger partial charge is 0.480 e. The molecule has 6 nitrogen and oxygen atoms in total. The predicted octanol–water partition coefficient (Wildman–Crippen LogP) is -0.767. The third-order valence-electron chi connectivity index (χ3n) is 3.67. The molecule has 4 atom stereocenters. The summed E-state index contributed by atoms with van der Waals surface area (Å²) in [5.74, 6) is -2.75. The number of hydrogen-bond acceptors (Lipinski definition) is 4. The molecule has 3 aliphatic rings. The zero-order valence-corrected chi connectivity index (χ0v) is 8.46. The van der Waals surface area contributed by atoms with Crippen molar-refractivity contribution in [2.24, 2.45) is 11.8 Å². The number of rotatable bonds is 2. The van der Waals surface area contributed by atoms with Crippen LogP contribution >= 0.6 is 0 Å². The maximum atomic E-state index is 11.9. The van der Waals surface area contributed by atoms with E-state index in [2.05, 4.69) is 0 Å². The summed E-state index contributed by atoms with van der Waals surface area (Å²) in [6.45, 7) is -0.524. The third kappa shape index (κ3) is 1.07. The lowest BCUT2D eigenvalue weighted by Crippen LogP contribution is -2.38. The molecule has 3 saturated heterocycles. The second-order valence-corrected chi connectivity index (χ2v) is 4.50. The zero-order chi connectivity index (χ0) is 11.4. The summed E-state index contributed by atoms with van der Waals surface area (Å²) in [4.78, 5) is 35.2. The Hall–Kier alpha value is -1.43. The van der Waals surface area contributed by atoms with Gasteiger partial charge in [0.15, 0.2) is 0 Å². The average molecular weight is 225 g/mol. The molecule has 3 rings (SSSR count). The summed E-state index contributed by atoms with van der Waals surface area (Å²) in [5, 5.41) is 8.64. The smallest absolute Gasteiger partial charge is 0.323 e. The van der Waals surface area contributed by atoms with Crippen LogP contribution in [-0.2, 0) is 19.1 Å². The molecule has 86 valence electrons. The van der Waals surface area contributed by atoms with Crippen LogP contribution in [-0.4, -0.2) is 46.5 Å². The van der Waals surface area contributed by atoms with Gasteiger partial charge in [-0.05, 0) is 12.8 Å². The highest BCUT2D eigenvalue weighted by Gasteiger charge is 2.62. The molecular formula is C10H11NO5. The van der Waals surface area contributed by atoms with E-state index in [9.17, 15) is 14.4 Å². The molecule has 1 N–H and O–H groups in total. The molecule has 0 aromatic heterocycles. The van der Waals surface area contributed by atoms with Gasteiger partial charge in [-0.3, -0.25) is 19.3 Å². The van der Waals surface area contributed by atoms with Crippen LogP contribution in [0.5, 0.6) is 0 Å². The second kappa shape index (κ2) is 3.04. The van der Waals surface area contributed by atoms with Crippen molar-refractivity contribution in [2.45, 2.75) is 25.0 Å². The molecule has 0 aromatic rings. The first-order valence-corrected chi connectivity index (χ1v) is 5.32. The van der Waals surface area contributed by atoms with Crippen LogP contribution in [0.1, 0.15) is 12.8 Å². The number of fused-ring (bicyclic) bond motifs is 5. The number of hydrogen-bond donors (Lipinski definition) is 1. The lowest BCUT2D eigenvalue weighted by Gasteiger charge is -2.15. The van der Waals surface area contributed by atoms with Crippen molar-refractivity contribution in [3.8, 4) is 0 Å². The van der Waals surface area contributed by atoms with Gasteiger partial charge in [0.05, 0.1) is 24.0 Å². The lowest BCUT2D eigenvalue weighted by molar-refractivity contribution is -0.151. The Morgan fingerprint density at radius 1 is 1.25 bits per heavy atom. The van der Waals surface area contributed by atoms with E-state index in [1.165, 1.54) is 0 Å². The highest BCUT2D eigenvalue weighted by atomic mass is 16.5. The van der Waals surface area contributed by atoms with E-state index in [4.69, 9.17) is 9.84 Å². The Labute approximate surface area is 91.2 Å². The predicted molar refractivity (Wildman–Crippen MR) is 49.2 cm³/mol. The third-order valence-corrected chi connectivity index (χ3v) is 3.67. The molecule has 0 spiro atoms. The Bertz CT molecular complexity index is 365. The minimum atomic E-state index is -1.16. The van der Waals surface area contributed by atoms with Gasteiger partial charge < -0.3 is 9.84 Å². The molecule has 0 saturated carbocycles. The van der Waals surface area contributed by atoms with E-state index in [1.807, 2.05) is 0 Å². The van der Waals surface area contributed by atoms with E-state index in [-0.39, 0.29) is 24.0 Å². The zero-order valence-electron chi connectivity index (χ0n) is 8.46. The number of amides is 2. The van der Waals surface area contributed by atoms with Crippen molar-refractivity contribution in [3.05, 3.63) is 0 Å². The van der Waals surface area contributed by atoms with Crippen LogP contribution in [0.4, 0.5) is 0 Å². The van der Waals surface area contributed by atoms with Gasteiger partial charge in [-0.2, -0.15) is 0 Å². The van der Waals surface area contributed by atoms with Crippen LogP contribution in [0, 0.1) is 11.8 Å². The van der Waals surface area contributed by atoms with Crippen molar-refractivity contribution in [2.75, 3.05) is 6.54 Å². The number of carboxylic acids is 1. The van der Waals surface area contributed by atoms with Crippen LogP contribution in [0.2, 0.25) is 0 Å². The number of carboxylic acid groups (broad SMARTS) is 1. The van der Waals surface area contributed by atoms with Crippen LogP contribution in [0.15, 0.2) is 0 Å². The molecule has 0 aliphatic carbocycles. The monoisotopic (exact) mass is 225 g/mol. The van der Waals surface area contributed by atoms with Gasteiger partial charge in [-0.15, -0.1) is 0 Å². The van der Waals surface area contributed by atoms with Gasteiger partial charge in [0.2, 0.25) is 11.8 Å². The minimum Gasteiger partial charge on any atom is -0.480 e. The molecule has 6 heteroatoms. The fourth-order valence-electron chi connectivity index (χ4n) is 3.06. The number of likely N-dealkylation sites (tertiary alicyclic amines) is 1. The summed E-state index contributed by atoms with van der Waals surface area (Å²) >= 11 is 0. The van der Waals surface area contributed by atoms with E-state index in [1.54, 1.807) is 0 Å². The van der Waals surface area contributed by atoms with Gasteiger partial charge in [0.25, 0.3) is 0 Å². The summed E-state index contributed by atoms with van der Waals surface area (Å²) in [6, 6.07) is 0. The maximum Gasteiger partial charge on any atom is 0.323 e. The average Bonchev–Trinajstić information content (AvgIpc) is 2.87. The summed E-state index contributed by atoms with van der Waals surface area (Å²) in [7, 11) is 0. The molecule has 2 amide bonds. The molecular weight excluding hydrogens is 214 g/mol. The molecule has 2 bridgehead atoms. The van der Waals surface area contributed by atoms with Crippen molar-refractivity contribution in [3.63, 3.8) is 0 Å². The van der Waals surface area contributed by atoms with Crippen LogP contribution in [0.3, 0.4) is 0 Å². The molecule has 0 radical (unpaired) electrons. The van der Waals surface area contributed by atoms with Gasteiger partial charge in [0.1, 0.15) is 6.54 Å². The maximum absolute atomic E-state index is 11.9. The van der Waals surface area contributed by atoms with E-state index in [0.717, 1.165) is 17.7 Å². The second-order valence-electron chi connectivity index (χ2n) is 4.50. The molecule has 3 aliphatic heterocycles. The van der Waals surface area contributed by atoms with Gasteiger partial charge in [-0.25, -0.2) is 0 Å².